The van der Waals surface area contributed by atoms with Gasteiger partial charge in [0.25, 0.3) is 0 Å². The largest absolute Gasteiger partial charge is 0.396 e. The van der Waals surface area contributed by atoms with E-state index in [4.69, 9.17) is 5.11 Å². The molecule has 2 N–H and O–H groups in total. The molecule has 0 aliphatic heterocycles. The van der Waals surface area contributed by atoms with E-state index in [-0.39, 0.29) is 18.5 Å². The van der Waals surface area contributed by atoms with Crippen LogP contribution in [0.1, 0.15) is 31.9 Å². The third kappa shape index (κ3) is 4.30. The van der Waals surface area contributed by atoms with Gasteiger partial charge < -0.3 is 10.4 Å². The molecular formula is C13H20FNOS. The van der Waals surface area contributed by atoms with Gasteiger partial charge in [-0.15, -0.1) is 11.8 Å². The summed E-state index contributed by atoms with van der Waals surface area (Å²) in [5.74, 6) is -0.207. The Labute approximate surface area is 107 Å². The zero-order chi connectivity index (χ0) is 12.8. The molecule has 0 aliphatic rings. The van der Waals surface area contributed by atoms with E-state index in [0.717, 1.165) is 16.9 Å². The Bertz CT molecular complexity index is 359. The summed E-state index contributed by atoms with van der Waals surface area (Å²) in [5.41, 5.74) is 0.974. The third-order valence-corrected chi connectivity index (χ3v) is 4.00. The van der Waals surface area contributed by atoms with Gasteiger partial charge >= 0.3 is 0 Å². The van der Waals surface area contributed by atoms with Crippen LogP contribution in [-0.2, 0) is 0 Å². The normalized spacial score (nSPS) is 14.6. The van der Waals surface area contributed by atoms with Crippen LogP contribution in [0.3, 0.4) is 0 Å². The zero-order valence-electron chi connectivity index (χ0n) is 10.5. The molecule has 0 aromatic heterocycles. The summed E-state index contributed by atoms with van der Waals surface area (Å²) >= 11 is 1.68. The molecule has 17 heavy (non-hydrogen) atoms. The Morgan fingerprint density at radius 1 is 1.41 bits per heavy atom. The molecule has 1 aromatic rings. The Balaban J connectivity index is 2.90. The zero-order valence-corrected chi connectivity index (χ0v) is 11.4. The lowest BCUT2D eigenvalue weighted by Gasteiger charge is -2.18. The lowest BCUT2D eigenvalue weighted by atomic mass is 10.1. The van der Waals surface area contributed by atoms with Crippen molar-refractivity contribution in [2.75, 3.05) is 13.7 Å². The average Bonchev–Trinajstić information content (AvgIpc) is 2.30. The van der Waals surface area contributed by atoms with E-state index in [0.29, 0.717) is 5.25 Å². The molecule has 1 aromatic carbocycles. The second-order valence-electron chi connectivity index (χ2n) is 4.13. The molecule has 0 bridgehead atoms. The van der Waals surface area contributed by atoms with Crippen molar-refractivity contribution in [1.82, 2.24) is 5.32 Å². The molecule has 0 radical (unpaired) electrons. The van der Waals surface area contributed by atoms with Crippen molar-refractivity contribution in [1.29, 1.82) is 0 Å². The fraction of sp³-hybridized carbons (Fsp3) is 0.538. The fourth-order valence-corrected chi connectivity index (χ4v) is 2.75. The number of halogens is 1. The van der Waals surface area contributed by atoms with Crippen LogP contribution in [0.5, 0.6) is 0 Å². The van der Waals surface area contributed by atoms with E-state index >= 15 is 0 Å². The maximum atomic E-state index is 13.3. The maximum absolute atomic E-state index is 13.3. The van der Waals surface area contributed by atoms with Crippen molar-refractivity contribution < 1.29 is 9.50 Å². The van der Waals surface area contributed by atoms with Crippen LogP contribution >= 0.6 is 11.8 Å². The first-order chi connectivity index (χ1) is 8.08. The summed E-state index contributed by atoms with van der Waals surface area (Å²) in [4.78, 5) is 1.08. The molecule has 2 nitrogen and oxygen atoms in total. The minimum absolute atomic E-state index is 0.120. The minimum Gasteiger partial charge on any atom is -0.396 e. The topological polar surface area (TPSA) is 32.3 Å². The molecular weight excluding hydrogens is 237 g/mol. The molecule has 0 saturated carbocycles. The Kier molecular flexibility index (Phi) is 5.95. The maximum Gasteiger partial charge on any atom is 0.123 e. The average molecular weight is 257 g/mol. The van der Waals surface area contributed by atoms with Gasteiger partial charge in [0.2, 0.25) is 0 Å². The van der Waals surface area contributed by atoms with Gasteiger partial charge in [0.1, 0.15) is 5.82 Å². The van der Waals surface area contributed by atoms with Crippen molar-refractivity contribution in [2.45, 2.75) is 36.5 Å². The smallest absolute Gasteiger partial charge is 0.123 e. The Hall–Kier alpha value is -0.580. The number of thioether (sulfide) groups is 1. The molecule has 0 spiro atoms. The van der Waals surface area contributed by atoms with Crippen LogP contribution in [0.2, 0.25) is 0 Å². The van der Waals surface area contributed by atoms with Gasteiger partial charge in [-0.3, -0.25) is 0 Å². The molecule has 0 heterocycles. The van der Waals surface area contributed by atoms with Crippen LogP contribution < -0.4 is 5.32 Å². The summed E-state index contributed by atoms with van der Waals surface area (Å²) in [6.07, 6.45) is 0.745. The highest BCUT2D eigenvalue weighted by molar-refractivity contribution is 8.00. The standard InChI is InChI=1S/C13H20FNOS/c1-9(6-7-16)17-13-5-4-11(14)8-12(13)10(2)15-3/h4-5,8-10,15-16H,6-7H2,1-3H3. The Morgan fingerprint density at radius 2 is 2.12 bits per heavy atom. The van der Waals surface area contributed by atoms with Gasteiger partial charge in [0, 0.05) is 22.8 Å². The number of hydrogen-bond donors (Lipinski definition) is 2. The highest BCUT2D eigenvalue weighted by atomic mass is 32.2. The predicted molar refractivity (Wildman–Crippen MR) is 70.9 cm³/mol. The number of benzene rings is 1. The van der Waals surface area contributed by atoms with Crippen molar-refractivity contribution in [3.05, 3.63) is 29.6 Å². The highest BCUT2D eigenvalue weighted by Crippen LogP contribution is 2.32. The quantitative estimate of drug-likeness (QED) is 0.768. The second kappa shape index (κ2) is 6.99. The van der Waals surface area contributed by atoms with Crippen LogP contribution in [0.25, 0.3) is 0 Å². The first kappa shape index (κ1) is 14.5. The lowest BCUT2D eigenvalue weighted by Crippen LogP contribution is -2.14. The van der Waals surface area contributed by atoms with E-state index in [1.807, 2.05) is 20.0 Å². The molecule has 0 fully saturated rings. The summed E-state index contributed by atoms with van der Waals surface area (Å²) in [7, 11) is 1.86. The van der Waals surface area contributed by atoms with Gasteiger partial charge in [-0.25, -0.2) is 4.39 Å². The van der Waals surface area contributed by atoms with E-state index in [2.05, 4.69) is 12.2 Å². The van der Waals surface area contributed by atoms with E-state index in [1.54, 1.807) is 17.8 Å². The summed E-state index contributed by atoms with van der Waals surface area (Å²) in [6, 6.07) is 5.00. The molecule has 1 rings (SSSR count). The van der Waals surface area contributed by atoms with Crippen LogP contribution in [-0.4, -0.2) is 24.0 Å². The minimum atomic E-state index is -0.207. The molecule has 2 atom stereocenters. The molecule has 0 amide bonds. The Morgan fingerprint density at radius 3 is 2.71 bits per heavy atom. The van der Waals surface area contributed by atoms with Gasteiger partial charge in [0.15, 0.2) is 0 Å². The first-order valence-corrected chi connectivity index (χ1v) is 6.70. The van der Waals surface area contributed by atoms with Crippen molar-refractivity contribution >= 4 is 11.8 Å². The van der Waals surface area contributed by atoms with Crippen molar-refractivity contribution in [3.8, 4) is 0 Å². The summed E-state index contributed by atoms with van der Waals surface area (Å²) < 4.78 is 13.3. The van der Waals surface area contributed by atoms with Gasteiger partial charge in [-0.1, -0.05) is 6.92 Å². The second-order valence-corrected chi connectivity index (χ2v) is 5.61. The SMILES string of the molecule is CNC(C)c1cc(F)ccc1SC(C)CCO. The number of hydrogen-bond acceptors (Lipinski definition) is 3. The number of rotatable bonds is 6. The summed E-state index contributed by atoms with van der Waals surface area (Å²) in [6.45, 7) is 4.26. The first-order valence-electron chi connectivity index (χ1n) is 5.82. The van der Waals surface area contributed by atoms with Crippen molar-refractivity contribution in [2.24, 2.45) is 0 Å². The van der Waals surface area contributed by atoms with Gasteiger partial charge in [0.05, 0.1) is 0 Å². The molecule has 4 heteroatoms. The molecule has 2 unspecified atom stereocenters. The third-order valence-electron chi connectivity index (χ3n) is 2.74. The van der Waals surface area contributed by atoms with E-state index < -0.39 is 0 Å². The number of aliphatic hydroxyl groups excluding tert-OH is 1. The molecule has 96 valence electrons. The van der Waals surface area contributed by atoms with Crippen LogP contribution in [0.4, 0.5) is 4.39 Å². The summed E-state index contributed by atoms with van der Waals surface area (Å²) in [5, 5.41) is 12.3. The predicted octanol–water partition coefficient (Wildman–Crippen LogP) is 2.97. The lowest BCUT2D eigenvalue weighted by molar-refractivity contribution is 0.289. The van der Waals surface area contributed by atoms with Crippen molar-refractivity contribution in [3.63, 3.8) is 0 Å². The monoisotopic (exact) mass is 257 g/mol. The molecule has 0 saturated heterocycles. The van der Waals surface area contributed by atoms with Crippen LogP contribution in [0.15, 0.2) is 23.1 Å². The van der Waals surface area contributed by atoms with Crippen LogP contribution in [0, 0.1) is 5.82 Å². The van der Waals surface area contributed by atoms with E-state index in [1.165, 1.54) is 6.07 Å². The van der Waals surface area contributed by atoms with E-state index in [9.17, 15) is 4.39 Å². The fourth-order valence-electron chi connectivity index (χ4n) is 1.58. The molecule has 0 aliphatic carbocycles. The highest BCUT2D eigenvalue weighted by Gasteiger charge is 2.13. The number of aliphatic hydroxyl groups is 1. The number of nitrogens with one attached hydrogen (secondary N) is 1. The van der Waals surface area contributed by atoms with Gasteiger partial charge in [-0.05, 0) is 44.2 Å². The van der Waals surface area contributed by atoms with Gasteiger partial charge in [-0.2, -0.15) is 0 Å².